The molecule has 5 nitrogen and oxygen atoms in total. The first kappa shape index (κ1) is 14.8. The third kappa shape index (κ3) is 3.41. The molecule has 0 rings (SSSR count). The molecule has 3 N–H and O–H groups in total. The van der Waals surface area contributed by atoms with Gasteiger partial charge in [-0.3, -0.25) is 0 Å². The standard InChI is InChI=1S/C9H21NO4S/c1-5-9(6-11,7-12)10-15(13,14)8(2,3)4/h10-12H,5-7H2,1-4H3. The van der Waals surface area contributed by atoms with Crippen LogP contribution in [0.1, 0.15) is 34.1 Å². The van der Waals surface area contributed by atoms with Crippen LogP contribution >= 0.6 is 0 Å². The molecule has 0 aliphatic heterocycles. The van der Waals surface area contributed by atoms with E-state index in [0.717, 1.165) is 0 Å². The van der Waals surface area contributed by atoms with Crippen molar-refractivity contribution in [3.8, 4) is 0 Å². The summed E-state index contributed by atoms with van der Waals surface area (Å²) < 4.78 is 25.0. The fourth-order valence-corrected chi connectivity index (χ4v) is 2.00. The molecule has 0 amide bonds. The highest BCUT2D eigenvalue weighted by molar-refractivity contribution is 7.90. The molecular formula is C9H21NO4S. The van der Waals surface area contributed by atoms with Gasteiger partial charge in [-0.25, -0.2) is 13.1 Å². The Hall–Kier alpha value is -0.170. The van der Waals surface area contributed by atoms with Crippen molar-refractivity contribution < 1.29 is 18.6 Å². The Morgan fingerprint density at radius 1 is 1.13 bits per heavy atom. The van der Waals surface area contributed by atoms with Crippen molar-refractivity contribution in [3.63, 3.8) is 0 Å². The second kappa shape index (κ2) is 4.78. The lowest BCUT2D eigenvalue weighted by Gasteiger charge is -2.32. The maximum atomic E-state index is 11.8. The Morgan fingerprint density at radius 3 is 1.73 bits per heavy atom. The summed E-state index contributed by atoms with van der Waals surface area (Å²) in [5.41, 5.74) is -1.16. The van der Waals surface area contributed by atoms with E-state index in [9.17, 15) is 8.42 Å². The van der Waals surface area contributed by atoms with Crippen molar-refractivity contribution in [1.82, 2.24) is 4.72 Å². The molecule has 15 heavy (non-hydrogen) atoms. The molecule has 0 bridgehead atoms. The van der Waals surface area contributed by atoms with E-state index in [0.29, 0.717) is 6.42 Å². The first-order valence-corrected chi connectivity index (χ1v) is 6.37. The molecule has 0 radical (unpaired) electrons. The zero-order valence-corrected chi connectivity index (χ0v) is 10.6. The number of rotatable bonds is 5. The topological polar surface area (TPSA) is 86.6 Å². The van der Waals surface area contributed by atoms with E-state index in [4.69, 9.17) is 10.2 Å². The molecule has 0 aliphatic carbocycles. The van der Waals surface area contributed by atoms with Crippen molar-refractivity contribution in [2.45, 2.75) is 44.4 Å². The van der Waals surface area contributed by atoms with Crippen molar-refractivity contribution in [3.05, 3.63) is 0 Å². The molecule has 0 unspecified atom stereocenters. The molecule has 0 spiro atoms. The molecule has 0 aromatic heterocycles. The molecule has 0 saturated heterocycles. The maximum absolute atomic E-state index is 11.8. The largest absolute Gasteiger partial charge is 0.394 e. The van der Waals surface area contributed by atoms with Crippen molar-refractivity contribution >= 4 is 10.0 Å². The molecule has 92 valence electrons. The lowest BCUT2D eigenvalue weighted by atomic mass is 10.0. The predicted octanol–water partition coefficient (Wildman–Crippen LogP) is -0.162. The Bertz CT molecular complexity index is 279. The fourth-order valence-electron chi connectivity index (χ4n) is 0.848. The van der Waals surface area contributed by atoms with Gasteiger partial charge in [0.25, 0.3) is 0 Å². The Kier molecular flexibility index (Phi) is 4.72. The molecule has 6 heteroatoms. The summed E-state index contributed by atoms with van der Waals surface area (Å²) in [6.45, 7) is 5.54. The highest BCUT2D eigenvalue weighted by atomic mass is 32.2. The fraction of sp³-hybridized carbons (Fsp3) is 1.00. The van der Waals surface area contributed by atoms with Gasteiger partial charge < -0.3 is 10.2 Å². The third-order valence-corrected chi connectivity index (χ3v) is 4.75. The van der Waals surface area contributed by atoms with Gasteiger partial charge in [0, 0.05) is 0 Å². The van der Waals surface area contributed by atoms with E-state index < -0.39 is 33.5 Å². The summed E-state index contributed by atoms with van der Waals surface area (Å²) in [7, 11) is -3.56. The van der Waals surface area contributed by atoms with Crippen LogP contribution in [0.25, 0.3) is 0 Å². The number of aliphatic hydroxyl groups is 2. The van der Waals surface area contributed by atoms with Crippen LogP contribution in [0.3, 0.4) is 0 Å². The van der Waals surface area contributed by atoms with Crippen LogP contribution in [0.4, 0.5) is 0 Å². The lowest BCUT2D eigenvalue weighted by molar-refractivity contribution is 0.105. The van der Waals surface area contributed by atoms with Crippen LogP contribution in [-0.4, -0.2) is 42.1 Å². The van der Waals surface area contributed by atoms with Crippen LogP contribution in [0.5, 0.6) is 0 Å². The van der Waals surface area contributed by atoms with Crippen LogP contribution in [0.2, 0.25) is 0 Å². The maximum Gasteiger partial charge on any atom is 0.217 e. The number of sulfonamides is 1. The summed E-state index contributed by atoms with van der Waals surface area (Å²) in [5, 5.41) is 18.2. The van der Waals surface area contributed by atoms with Gasteiger partial charge in [0.05, 0.1) is 23.5 Å². The minimum Gasteiger partial charge on any atom is -0.394 e. The normalized spacial score (nSPS) is 14.3. The van der Waals surface area contributed by atoms with E-state index >= 15 is 0 Å². The predicted molar refractivity (Wildman–Crippen MR) is 59.0 cm³/mol. The minimum absolute atomic E-state index is 0.329. The van der Waals surface area contributed by atoms with Crippen LogP contribution in [0.15, 0.2) is 0 Å². The first-order valence-electron chi connectivity index (χ1n) is 4.89. The van der Waals surface area contributed by atoms with Gasteiger partial charge in [-0.15, -0.1) is 0 Å². The summed E-state index contributed by atoms with van der Waals surface area (Å²) in [4.78, 5) is 0. The van der Waals surface area contributed by atoms with Gasteiger partial charge >= 0.3 is 0 Å². The highest BCUT2D eigenvalue weighted by Crippen LogP contribution is 2.18. The van der Waals surface area contributed by atoms with Gasteiger partial charge in [-0.2, -0.15) is 0 Å². The van der Waals surface area contributed by atoms with Crippen LogP contribution in [-0.2, 0) is 10.0 Å². The monoisotopic (exact) mass is 239 g/mol. The lowest BCUT2D eigenvalue weighted by Crippen LogP contribution is -2.57. The van der Waals surface area contributed by atoms with E-state index in [1.807, 2.05) is 0 Å². The number of aliphatic hydroxyl groups excluding tert-OH is 2. The van der Waals surface area contributed by atoms with Crippen molar-refractivity contribution in [1.29, 1.82) is 0 Å². The van der Waals surface area contributed by atoms with Gasteiger partial charge in [-0.05, 0) is 27.2 Å². The Balaban J connectivity index is 5.00. The smallest absolute Gasteiger partial charge is 0.217 e. The Morgan fingerprint density at radius 2 is 1.53 bits per heavy atom. The summed E-state index contributed by atoms with van der Waals surface area (Å²) in [6.07, 6.45) is 0.329. The summed E-state index contributed by atoms with van der Waals surface area (Å²) >= 11 is 0. The van der Waals surface area contributed by atoms with Gasteiger partial charge in [-0.1, -0.05) is 6.92 Å². The molecule has 0 atom stereocenters. The zero-order valence-electron chi connectivity index (χ0n) is 9.74. The van der Waals surface area contributed by atoms with E-state index in [2.05, 4.69) is 4.72 Å². The van der Waals surface area contributed by atoms with Crippen molar-refractivity contribution in [2.24, 2.45) is 0 Å². The number of hydrogen-bond acceptors (Lipinski definition) is 4. The number of nitrogens with one attached hydrogen (secondary N) is 1. The SMILES string of the molecule is CCC(CO)(CO)NS(=O)(=O)C(C)(C)C. The highest BCUT2D eigenvalue weighted by Gasteiger charge is 2.37. The van der Waals surface area contributed by atoms with E-state index in [1.54, 1.807) is 27.7 Å². The molecule has 0 heterocycles. The average Bonchev–Trinajstić information content (AvgIpc) is 2.12. The van der Waals surface area contributed by atoms with Gasteiger partial charge in [0.15, 0.2) is 0 Å². The molecule has 0 aromatic rings. The molecular weight excluding hydrogens is 218 g/mol. The van der Waals surface area contributed by atoms with Crippen molar-refractivity contribution in [2.75, 3.05) is 13.2 Å². The number of hydrogen-bond donors (Lipinski definition) is 3. The molecule has 0 aliphatic rings. The van der Waals surface area contributed by atoms with Gasteiger partial charge in [0.1, 0.15) is 0 Å². The van der Waals surface area contributed by atoms with Crippen LogP contribution < -0.4 is 4.72 Å². The summed E-state index contributed by atoms with van der Waals surface area (Å²) in [6, 6.07) is 0. The second-order valence-electron chi connectivity index (χ2n) is 4.67. The average molecular weight is 239 g/mol. The van der Waals surface area contributed by atoms with Crippen LogP contribution in [0, 0.1) is 0 Å². The summed E-state index contributed by atoms with van der Waals surface area (Å²) in [5.74, 6) is 0. The Labute approximate surface area is 91.6 Å². The quantitative estimate of drug-likeness (QED) is 0.622. The third-order valence-electron chi connectivity index (χ3n) is 2.44. The van der Waals surface area contributed by atoms with Gasteiger partial charge in [0.2, 0.25) is 10.0 Å². The van der Waals surface area contributed by atoms with E-state index in [-0.39, 0.29) is 0 Å². The minimum atomic E-state index is -3.56. The second-order valence-corrected chi connectivity index (χ2v) is 7.10. The van der Waals surface area contributed by atoms with E-state index in [1.165, 1.54) is 0 Å². The molecule has 0 aromatic carbocycles. The zero-order chi connectivity index (χ0) is 12.3. The first-order chi connectivity index (χ1) is 6.64. The molecule has 0 fully saturated rings. The molecule has 0 saturated carbocycles.